The van der Waals surface area contributed by atoms with Gasteiger partial charge in [-0.2, -0.15) is 0 Å². The molecule has 0 spiro atoms. The number of anilines is 1. The van der Waals surface area contributed by atoms with Crippen LogP contribution in [0, 0.1) is 0 Å². The fraction of sp³-hybridized carbons (Fsp3) is 0.375. The van der Waals surface area contributed by atoms with Crippen molar-refractivity contribution in [3.63, 3.8) is 0 Å². The second-order valence-corrected chi connectivity index (χ2v) is 5.37. The van der Waals surface area contributed by atoms with Crippen LogP contribution in [-0.4, -0.2) is 34.6 Å². The molecule has 0 bridgehead atoms. The fourth-order valence-corrected chi connectivity index (χ4v) is 2.38. The Kier molecular flexibility index (Phi) is 4.40. The second kappa shape index (κ2) is 6.09. The maximum absolute atomic E-state index is 12.4. The van der Waals surface area contributed by atoms with Crippen LogP contribution in [0.3, 0.4) is 0 Å². The molecule has 1 aliphatic rings. The quantitative estimate of drug-likeness (QED) is 0.632. The summed E-state index contributed by atoms with van der Waals surface area (Å²) in [6.07, 6.45) is 0.0517. The maximum atomic E-state index is 12.4. The summed E-state index contributed by atoms with van der Waals surface area (Å²) in [5.41, 5.74) is 0.890. The van der Waals surface area contributed by atoms with E-state index in [4.69, 9.17) is 0 Å². The number of carbonyl (C=O) groups is 4. The Morgan fingerprint density at radius 2 is 1.68 bits per heavy atom. The van der Waals surface area contributed by atoms with Gasteiger partial charge in [0.25, 0.3) is 0 Å². The first-order valence-corrected chi connectivity index (χ1v) is 7.19. The van der Waals surface area contributed by atoms with E-state index >= 15 is 0 Å². The third-order valence-electron chi connectivity index (χ3n) is 3.50. The number of nitrogens with zero attached hydrogens (tertiary/aromatic N) is 2. The van der Waals surface area contributed by atoms with E-state index in [1.807, 2.05) is 0 Å². The zero-order valence-electron chi connectivity index (χ0n) is 12.8. The minimum atomic E-state index is -0.647. The summed E-state index contributed by atoms with van der Waals surface area (Å²) < 4.78 is 0. The summed E-state index contributed by atoms with van der Waals surface area (Å²) >= 11 is 0. The Bertz CT molecular complexity index is 634. The lowest BCUT2D eigenvalue weighted by Gasteiger charge is -2.34. The van der Waals surface area contributed by atoms with Crippen LogP contribution in [0.25, 0.3) is 0 Å². The van der Waals surface area contributed by atoms with Gasteiger partial charge in [0.1, 0.15) is 6.42 Å². The van der Waals surface area contributed by atoms with Crippen LogP contribution in [0.1, 0.15) is 44.0 Å². The Morgan fingerprint density at radius 1 is 1.09 bits per heavy atom. The molecule has 0 saturated carbocycles. The highest BCUT2D eigenvalue weighted by atomic mass is 16.2. The maximum Gasteiger partial charge on any atom is 0.338 e. The van der Waals surface area contributed by atoms with Crippen molar-refractivity contribution in [3.05, 3.63) is 29.8 Å². The van der Waals surface area contributed by atoms with Crippen molar-refractivity contribution in [3.8, 4) is 0 Å². The molecule has 2 rings (SSSR count). The Balaban J connectivity index is 2.34. The van der Waals surface area contributed by atoms with E-state index in [2.05, 4.69) is 0 Å². The van der Waals surface area contributed by atoms with E-state index in [1.165, 1.54) is 0 Å². The monoisotopic (exact) mass is 302 g/mol. The van der Waals surface area contributed by atoms with Crippen LogP contribution in [0.4, 0.5) is 10.5 Å². The number of carbonyl (C=O) groups excluding carboxylic acids is 4. The van der Waals surface area contributed by atoms with Gasteiger partial charge in [0.15, 0.2) is 5.78 Å². The number of urea groups is 1. The second-order valence-electron chi connectivity index (χ2n) is 5.37. The zero-order valence-corrected chi connectivity index (χ0v) is 12.8. The lowest BCUT2D eigenvalue weighted by Crippen LogP contribution is -2.57. The average molecular weight is 302 g/mol. The van der Waals surface area contributed by atoms with Crippen molar-refractivity contribution < 1.29 is 19.2 Å². The largest absolute Gasteiger partial charge is 0.338 e. The average Bonchev–Trinajstić information content (AvgIpc) is 2.46. The number of imide groups is 2. The van der Waals surface area contributed by atoms with Crippen molar-refractivity contribution >= 4 is 29.3 Å². The molecule has 116 valence electrons. The van der Waals surface area contributed by atoms with Crippen LogP contribution in [0.5, 0.6) is 0 Å². The third-order valence-corrected chi connectivity index (χ3v) is 3.50. The van der Waals surface area contributed by atoms with Gasteiger partial charge >= 0.3 is 6.03 Å². The molecule has 0 aliphatic carbocycles. The first-order valence-electron chi connectivity index (χ1n) is 7.19. The Morgan fingerprint density at radius 3 is 2.18 bits per heavy atom. The predicted octanol–water partition coefficient (Wildman–Crippen LogP) is 2.37. The van der Waals surface area contributed by atoms with Crippen LogP contribution >= 0.6 is 0 Å². The van der Waals surface area contributed by atoms with E-state index in [9.17, 15) is 19.2 Å². The van der Waals surface area contributed by atoms with Gasteiger partial charge in [0.2, 0.25) is 11.8 Å². The summed E-state index contributed by atoms with van der Waals surface area (Å²) in [7, 11) is 0. The normalized spacial score (nSPS) is 15.7. The molecule has 4 amide bonds. The van der Waals surface area contributed by atoms with Gasteiger partial charge in [0.05, 0.1) is 5.69 Å². The van der Waals surface area contributed by atoms with Crippen LogP contribution in [-0.2, 0) is 9.59 Å². The molecule has 0 N–H and O–H groups in total. The third kappa shape index (κ3) is 2.77. The highest BCUT2D eigenvalue weighted by Gasteiger charge is 2.39. The van der Waals surface area contributed by atoms with Crippen LogP contribution in [0.15, 0.2) is 24.3 Å². The van der Waals surface area contributed by atoms with E-state index in [0.717, 1.165) is 9.80 Å². The molecule has 1 fully saturated rings. The number of hydrogen-bond acceptors (Lipinski definition) is 4. The molecule has 0 atom stereocenters. The van der Waals surface area contributed by atoms with Gasteiger partial charge in [-0.1, -0.05) is 6.92 Å². The van der Waals surface area contributed by atoms with Crippen molar-refractivity contribution in [2.75, 3.05) is 4.90 Å². The number of Topliss-reactive ketones (excluding diaryl/α,β-unsaturated/α-hetero) is 1. The lowest BCUT2D eigenvalue weighted by molar-refractivity contribution is -0.135. The lowest BCUT2D eigenvalue weighted by atomic mass is 10.1. The first kappa shape index (κ1) is 15.9. The molecule has 1 aliphatic heterocycles. The highest BCUT2D eigenvalue weighted by Crippen LogP contribution is 2.23. The summed E-state index contributed by atoms with van der Waals surface area (Å²) in [5, 5.41) is 0. The smallest absolute Gasteiger partial charge is 0.294 e. The summed E-state index contributed by atoms with van der Waals surface area (Å²) in [6, 6.07) is 5.29. The van der Waals surface area contributed by atoms with Crippen LogP contribution < -0.4 is 4.90 Å². The Hall–Kier alpha value is -2.50. The number of hydrogen-bond donors (Lipinski definition) is 0. The number of rotatable bonds is 4. The molecule has 6 heteroatoms. The number of barbiturate groups is 1. The molecule has 1 aromatic carbocycles. The van der Waals surface area contributed by atoms with E-state index < -0.39 is 17.8 Å². The fourth-order valence-electron chi connectivity index (χ4n) is 2.38. The van der Waals surface area contributed by atoms with Gasteiger partial charge in [-0.15, -0.1) is 0 Å². The van der Waals surface area contributed by atoms with Gasteiger partial charge in [-0.05, 0) is 38.1 Å². The molecular formula is C16H18N2O4. The van der Waals surface area contributed by atoms with Gasteiger partial charge in [-0.3, -0.25) is 19.3 Å². The first-order chi connectivity index (χ1) is 10.4. The van der Waals surface area contributed by atoms with Crippen LogP contribution in [0.2, 0.25) is 0 Å². The molecule has 1 aromatic rings. The summed E-state index contributed by atoms with van der Waals surface area (Å²) in [5.74, 6) is -1.05. The molecule has 22 heavy (non-hydrogen) atoms. The molecule has 6 nitrogen and oxygen atoms in total. The number of amides is 4. The predicted molar refractivity (Wildman–Crippen MR) is 80.5 cm³/mol. The minimum Gasteiger partial charge on any atom is -0.294 e. The van der Waals surface area contributed by atoms with Crippen molar-refractivity contribution in [1.29, 1.82) is 0 Å². The summed E-state index contributed by atoms with van der Waals surface area (Å²) in [4.78, 5) is 50.0. The zero-order chi connectivity index (χ0) is 16.4. The number of ketones is 1. The molecular weight excluding hydrogens is 284 g/mol. The van der Waals surface area contributed by atoms with E-state index in [1.54, 1.807) is 45.0 Å². The summed E-state index contributed by atoms with van der Waals surface area (Å²) in [6.45, 7) is 5.19. The Labute approximate surface area is 128 Å². The highest BCUT2D eigenvalue weighted by molar-refractivity contribution is 6.26. The van der Waals surface area contributed by atoms with Crippen molar-refractivity contribution in [2.45, 2.75) is 39.7 Å². The number of benzene rings is 1. The standard InChI is InChI=1S/C16H18N2O4/c1-4-13(19)11-5-7-12(8-6-11)18-15(21)9-14(20)17(10(2)3)16(18)22/h5-8,10H,4,9H2,1-3H3. The molecule has 0 radical (unpaired) electrons. The molecule has 1 heterocycles. The van der Waals surface area contributed by atoms with Crippen molar-refractivity contribution in [2.24, 2.45) is 0 Å². The molecule has 0 unspecified atom stereocenters. The van der Waals surface area contributed by atoms with Crippen molar-refractivity contribution in [1.82, 2.24) is 4.90 Å². The minimum absolute atomic E-state index is 0.0122. The SMILES string of the molecule is CCC(=O)c1ccc(N2C(=O)CC(=O)N(C(C)C)C2=O)cc1. The topological polar surface area (TPSA) is 74.8 Å². The molecule has 1 saturated heterocycles. The molecule has 0 aromatic heterocycles. The van der Waals surface area contributed by atoms with Gasteiger partial charge < -0.3 is 0 Å². The van der Waals surface area contributed by atoms with Gasteiger partial charge in [0, 0.05) is 18.0 Å². The van der Waals surface area contributed by atoms with E-state index in [0.29, 0.717) is 17.7 Å². The van der Waals surface area contributed by atoms with E-state index in [-0.39, 0.29) is 18.2 Å². The van der Waals surface area contributed by atoms with Gasteiger partial charge in [-0.25, -0.2) is 9.69 Å².